The van der Waals surface area contributed by atoms with Crippen molar-refractivity contribution in [3.8, 4) is 0 Å². The zero-order valence-corrected chi connectivity index (χ0v) is 58.5. The van der Waals surface area contributed by atoms with Crippen molar-refractivity contribution in [3.63, 3.8) is 0 Å². The van der Waals surface area contributed by atoms with Crippen LogP contribution in [-0.4, -0.2) is 95.9 Å². The highest BCUT2D eigenvalue weighted by Gasteiger charge is 2.29. The number of esters is 3. The van der Waals surface area contributed by atoms with Gasteiger partial charge in [0, 0.05) is 19.3 Å². The fraction of sp³-hybridized carbons (Fsp3) is 0.712. The molecule has 0 bridgehead atoms. The first-order chi connectivity index (χ1) is 44.2. The average Bonchev–Trinajstić information content (AvgIpc) is 3.70. The van der Waals surface area contributed by atoms with E-state index < -0.39 is 91.5 Å². The molecule has 5 unspecified atom stereocenters. The molecular weight excluding hydrogens is 1190 g/mol. The standard InChI is InChI=1S/C73H126O16P2/c1-4-7-10-13-16-19-22-24-26-28-30-31-32-33-34-35-37-39-40-42-45-47-50-53-56-59-71(76)83-62-68(74)63-85-90(79,80)86-64-69(75)65-87-91(81,82)88-67-70(89-73(78)61-58-55-52-49-44-21-18-15-12-9-6-3)66-84-72(77)60-57-54-51-48-46-43-41-38-36-29-27-25-23-20-17-14-11-8-5-2/h8,11,15-20,24-27,30-31,33-34,36,38,68-70,74-75H,4-7,9-10,12-14,21-23,28-29,32,35,37,39-67H2,1-3H3,(H,79,80)(H,81,82)/b11-8-,18-15-,19-16-,20-17-,26-24-,27-25-,31-30-,34-33-,38-36-. The van der Waals surface area contributed by atoms with E-state index in [1.807, 2.05) is 0 Å². The van der Waals surface area contributed by atoms with Gasteiger partial charge in [-0.25, -0.2) is 9.13 Å². The van der Waals surface area contributed by atoms with Crippen molar-refractivity contribution in [2.24, 2.45) is 0 Å². The molecule has 0 amide bonds. The highest BCUT2D eigenvalue weighted by Crippen LogP contribution is 2.45. The van der Waals surface area contributed by atoms with Crippen LogP contribution in [0.4, 0.5) is 0 Å². The van der Waals surface area contributed by atoms with Crippen LogP contribution in [0.5, 0.6) is 0 Å². The monoisotopic (exact) mass is 1320 g/mol. The van der Waals surface area contributed by atoms with Gasteiger partial charge in [0.25, 0.3) is 0 Å². The van der Waals surface area contributed by atoms with Crippen molar-refractivity contribution in [1.82, 2.24) is 0 Å². The number of aliphatic hydroxyl groups excluding tert-OH is 2. The van der Waals surface area contributed by atoms with Crippen molar-refractivity contribution >= 4 is 33.6 Å². The molecule has 0 radical (unpaired) electrons. The normalized spacial score (nSPS) is 14.8. The van der Waals surface area contributed by atoms with Crippen molar-refractivity contribution in [3.05, 3.63) is 109 Å². The van der Waals surface area contributed by atoms with Crippen LogP contribution in [0.2, 0.25) is 0 Å². The van der Waals surface area contributed by atoms with E-state index in [0.29, 0.717) is 19.3 Å². The van der Waals surface area contributed by atoms with E-state index in [1.54, 1.807) is 0 Å². The van der Waals surface area contributed by atoms with E-state index in [4.69, 9.17) is 32.3 Å². The Morgan fingerprint density at radius 2 is 0.593 bits per heavy atom. The molecule has 0 aliphatic heterocycles. The van der Waals surface area contributed by atoms with Crippen molar-refractivity contribution < 1.29 is 75.8 Å². The minimum atomic E-state index is -4.93. The number of aliphatic hydroxyl groups is 2. The van der Waals surface area contributed by atoms with Crippen LogP contribution in [0.25, 0.3) is 0 Å². The van der Waals surface area contributed by atoms with Crippen LogP contribution in [0.15, 0.2) is 109 Å². The summed E-state index contributed by atoms with van der Waals surface area (Å²) in [6, 6.07) is 0. The minimum Gasteiger partial charge on any atom is -0.463 e. The van der Waals surface area contributed by atoms with Gasteiger partial charge in [-0.15, -0.1) is 0 Å². The number of allylic oxidation sites excluding steroid dienone is 18. The van der Waals surface area contributed by atoms with Crippen LogP contribution in [-0.2, 0) is 55.8 Å². The zero-order chi connectivity index (χ0) is 66.7. The van der Waals surface area contributed by atoms with Gasteiger partial charge in [-0.1, -0.05) is 246 Å². The van der Waals surface area contributed by atoms with E-state index in [1.165, 1.54) is 64.2 Å². The SMILES string of the molecule is CC/C=C\C/C=C\C/C=C\C/C=C\CCCCCCCCC(=O)OCC(COP(=O)(O)OCC(O)COP(=O)(O)OCC(O)COC(=O)CCCCCCCCCCC/C=C\C/C=C\C/C=C\C/C=C\CCCCC)OC(=O)CCCCCCC/C=C\CCCC. The van der Waals surface area contributed by atoms with Crippen molar-refractivity contribution in [2.75, 3.05) is 39.6 Å². The van der Waals surface area contributed by atoms with Gasteiger partial charge in [0.15, 0.2) is 6.10 Å². The van der Waals surface area contributed by atoms with Crippen molar-refractivity contribution in [1.29, 1.82) is 0 Å². The third-order valence-electron chi connectivity index (χ3n) is 14.5. The summed E-state index contributed by atoms with van der Waals surface area (Å²) in [6.07, 6.45) is 74.3. The number of unbranched alkanes of at least 4 members (excludes halogenated alkanes) is 25. The summed E-state index contributed by atoms with van der Waals surface area (Å²) in [7, 11) is -9.78. The number of carbonyl (C=O) groups is 3. The van der Waals surface area contributed by atoms with Crippen LogP contribution in [0.1, 0.15) is 278 Å². The molecule has 18 heteroatoms. The molecule has 0 aromatic heterocycles. The molecule has 5 atom stereocenters. The molecule has 0 saturated heterocycles. The van der Waals surface area contributed by atoms with Crippen LogP contribution in [0, 0.1) is 0 Å². The predicted molar refractivity (Wildman–Crippen MR) is 371 cm³/mol. The third-order valence-corrected chi connectivity index (χ3v) is 16.4. The number of phosphoric ester groups is 2. The Bertz CT molecular complexity index is 2100. The summed E-state index contributed by atoms with van der Waals surface area (Å²) in [6.45, 7) is 2.45. The first-order valence-corrected chi connectivity index (χ1v) is 38.2. The molecule has 0 aliphatic rings. The molecular formula is C73H126O16P2. The molecule has 4 N–H and O–H groups in total. The van der Waals surface area contributed by atoms with Gasteiger partial charge in [0.1, 0.15) is 25.4 Å². The number of rotatable bonds is 66. The number of ether oxygens (including phenoxy) is 3. The molecule has 0 aliphatic carbocycles. The molecule has 0 heterocycles. The molecule has 0 rings (SSSR count). The molecule has 0 spiro atoms. The van der Waals surface area contributed by atoms with E-state index in [0.717, 1.165) is 154 Å². The second kappa shape index (κ2) is 66.2. The van der Waals surface area contributed by atoms with E-state index in [2.05, 4.69) is 130 Å². The number of hydrogen-bond acceptors (Lipinski definition) is 14. The number of phosphoric acid groups is 2. The summed E-state index contributed by atoms with van der Waals surface area (Å²) in [4.78, 5) is 58.3. The van der Waals surface area contributed by atoms with Gasteiger partial charge in [-0.05, 0) is 122 Å². The Morgan fingerprint density at radius 3 is 0.967 bits per heavy atom. The van der Waals surface area contributed by atoms with Gasteiger partial charge in [-0.2, -0.15) is 0 Å². The van der Waals surface area contributed by atoms with Gasteiger partial charge in [0.05, 0.1) is 26.4 Å². The fourth-order valence-electron chi connectivity index (χ4n) is 9.05. The Morgan fingerprint density at radius 1 is 0.319 bits per heavy atom. The Kier molecular flexibility index (Phi) is 63.5. The molecule has 0 aromatic rings. The Hall–Kier alpha value is -3.79. The number of carbonyl (C=O) groups excluding carboxylic acids is 3. The molecule has 524 valence electrons. The summed E-state index contributed by atoms with van der Waals surface area (Å²) in [5.74, 6) is -1.61. The minimum absolute atomic E-state index is 0.0890. The maximum absolute atomic E-state index is 12.9. The first kappa shape index (κ1) is 87.2. The highest BCUT2D eigenvalue weighted by molar-refractivity contribution is 7.47. The lowest BCUT2D eigenvalue weighted by Crippen LogP contribution is -2.30. The average molecular weight is 1320 g/mol. The van der Waals surface area contributed by atoms with Crippen LogP contribution >= 0.6 is 15.6 Å². The second-order valence-electron chi connectivity index (χ2n) is 23.3. The van der Waals surface area contributed by atoms with E-state index >= 15 is 0 Å². The smallest absolute Gasteiger partial charge is 0.463 e. The summed E-state index contributed by atoms with van der Waals surface area (Å²) < 4.78 is 60.8. The lowest BCUT2D eigenvalue weighted by molar-refractivity contribution is -0.161. The van der Waals surface area contributed by atoms with Gasteiger partial charge in [0.2, 0.25) is 0 Å². The molecule has 91 heavy (non-hydrogen) atoms. The van der Waals surface area contributed by atoms with Gasteiger partial charge < -0.3 is 34.2 Å². The third kappa shape index (κ3) is 67.4. The number of hydrogen-bond donors (Lipinski definition) is 4. The molecule has 16 nitrogen and oxygen atoms in total. The molecule has 0 aromatic carbocycles. The predicted octanol–water partition coefficient (Wildman–Crippen LogP) is 19.6. The second-order valence-corrected chi connectivity index (χ2v) is 26.2. The maximum Gasteiger partial charge on any atom is 0.472 e. The Labute approximate surface area is 551 Å². The van der Waals surface area contributed by atoms with Crippen molar-refractivity contribution in [2.45, 2.75) is 296 Å². The van der Waals surface area contributed by atoms with Crippen LogP contribution < -0.4 is 0 Å². The summed E-state index contributed by atoms with van der Waals surface area (Å²) >= 11 is 0. The summed E-state index contributed by atoms with van der Waals surface area (Å²) in [5.41, 5.74) is 0. The van der Waals surface area contributed by atoms with Crippen LogP contribution in [0.3, 0.4) is 0 Å². The van der Waals surface area contributed by atoms with E-state index in [9.17, 15) is 43.5 Å². The highest BCUT2D eigenvalue weighted by atomic mass is 31.2. The lowest BCUT2D eigenvalue weighted by Gasteiger charge is -2.21. The Balaban J connectivity index is 4.53. The zero-order valence-electron chi connectivity index (χ0n) is 56.7. The van der Waals surface area contributed by atoms with E-state index in [-0.39, 0.29) is 19.3 Å². The summed E-state index contributed by atoms with van der Waals surface area (Å²) in [5, 5.41) is 20.6. The lowest BCUT2D eigenvalue weighted by atomic mass is 10.1. The van der Waals surface area contributed by atoms with Gasteiger partial charge in [-0.3, -0.25) is 32.5 Å². The molecule has 0 saturated carbocycles. The largest absolute Gasteiger partial charge is 0.472 e. The fourth-order valence-corrected chi connectivity index (χ4v) is 10.6. The maximum atomic E-state index is 12.9. The topological polar surface area (TPSA) is 231 Å². The van der Waals surface area contributed by atoms with Gasteiger partial charge >= 0.3 is 33.6 Å². The first-order valence-electron chi connectivity index (χ1n) is 35.2. The molecule has 0 fully saturated rings. The quantitative estimate of drug-likeness (QED) is 0.0146.